The summed E-state index contributed by atoms with van der Waals surface area (Å²) < 4.78 is 6.16. The highest BCUT2D eigenvalue weighted by molar-refractivity contribution is 5.85. The van der Waals surface area contributed by atoms with Crippen LogP contribution < -0.4 is 0 Å². The van der Waals surface area contributed by atoms with Gasteiger partial charge in [-0.25, -0.2) is 0 Å². The van der Waals surface area contributed by atoms with Gasteiger partial charge in [-0.3, -0.25) is 0 Å². The van der Waals surface area contributed by atoms with Gasteiger partial charge in [-0.2, -0.15) is 0 Å². The molecule has 0 unspecified atom stereocenters. The lowest BCUT2D eigenvalue weighted by molar-refractivity contribution is 0.0561. The molecule has 162 valence electrons. The van der Waals surface area contributed by atoms with Crippen molar-refractivity contribution in [3.8, 4) is 0 Å². The van der Waals surface area contributed by atoms with E-state index in [0.717, 1.165) is 26.2 Å². The highest BCUT2D eigenvalue weighted by atomic mass is 35.5. The van der Waals surface area contributed by atoms with Crippen LogP contribution in [0.4, 0.5) is 0 Å². The second-order valence-corrected chi connectivity index (χ2v) is 8.87. The van der Waals surface area contributed by atoms with E-state index in [4.69, 9.17) is 4.74 Å². The molecular formula is C28H32ClNO. The van der Waals surface area contributed by atoms with Crippen LogP contribution in [0.5, 0.6) is 0 Å². The van der Waals surface area contributed by atoms with Gasteiger partial charge in [0.25, 0.3) is 0 Å². The summed E-state index contributed by atoms with van der Waals surface area (Å²) >= 11 is 0. The van der Waals surface area contributed by atoms with Gasteiger partial charge in [0.05, 0.1) is 13.2 Å². The molecule has 2 aliphatic heterocycles. The summed E-state index contributed by atoms with van der Waals surface area (Å²) in [6.07, 6.45) is 3.62. The molecule has 1 fully saturated rings. The maximum absolute atomic E-state index is 6.16. The first-order valence-corrected chi connectivity index (χ1v) is 11.3. The van der Waals surface area contributed by atoms with Crippen molar-refractivity contribution < 1.29 is 4.74 Å². The minimum Gasteiger partial charge on any atom is -0.375 e. The molecule has 1 saturated heterocycles. The van der Waals surface area contributed by atoms with Gasteiger partial charge < -0.3 is 9.64 Å². The van der Waals surface area contributed by atoms with Crippen molar-refractivity contribution in [2.45, 2.75) is 37.2 Å². The molecule has 1 atom stereocenters. The van der Waals surface area contributed by atoms with E-state index in [2.05, 4.69) is 89.8 Å². The summed E-state index contributed by atoms with van der Waals surface area (Å²) in [5.74, 6) is 0.712. The quantitative estimate of drug-likeness (QED) is 0.475. The van der Waals surface area contributed by atoms with Crippen molar-refractivity contribution >= 4 is 12.4 Å². The maximum atomic E-state index is 6.16. The third-order valence-electron chi connectivity index (χ3n) is 7.18. The van der Waals surface area contributed by atoms with E-state index in [0.29, 0.717) is 5.92 Å². The van der Waals surface area contributed by atoms with Crippen LogP contribution in [-0.2, 0) is 16.8 Å². The van der Waals surface area contributed by atoms with Crippen molar-refractivity contribution in [3.05, 3.63) is 107 Å². The lowest BCUT2D eigenvalue weighted by atomic mass is 9.70. The Bertz CT molecular complexity index is 953. The highest BCUT2D eigenvalue weighted by Gasteiger charge is 2.39. The molecule has 5 rings (SSSR count). The monoisotopic (exact) mass is 433 g/mol. The first-order valence-electron chi connectivity index (χ1n) is 11.3. The highest BCUT2D eigenvalue weighted by Crippen LogP contribution is 2.41. The minimum atomic E-state index is -0.0492. The van der Waals surface area contributed by atoms with E-state index < -0.39 is 0 Å². The number of nitrogens with zero attached hydrogens (tertiary/aromatic N) is 1. The lowest BCUT2D eigenvalue weighted by Crippen LogP contribution is -2.42. The molecule has 0 radical (unpaired) electrons. The summed E-state index contributed by atoms with van der Waals surface area (Å²) in [5.41, 5.74) is 5.65. The Hall–Kier alpha value is -2.13. The maximum Gasteiger partial charge on any atom is 0.0720 e. The van der Waals surface area contributed by atoms with Gasteiger partial charge in [0, 0.05) is 5.41 Å². The van der Waals surface area contributed by atoms with Crippen LogP contribution in [0.3, 0.4) is 0 Å². The minimum absolute atomic E-state index is 0. The molecular weight excluding hydrogens is 402 g/mol. The molecule has 2 nitrogen and oxygen atoms in total. The van der Waals surface area contributed by atoms with Gasteiger partial charge in [0.1, 0.15) is 0 Å². The summed E-state index contributed by atoms with van der Waals surface area (Å²) in [5, 5.41) is 0. The molecule has 0 spiro atoms. The molecule has 0 bridgehead atoms. The summed E-state index contributed by atoms with van der Waals surface area (Å²) in [7, 11) is 0. The van der Waals surface area contributed by atoms with E-state index in [9.17, 15) is 0 Å². The fourth-order valence-corrected chi connectivity index (χ4v) is 5.44. The van der Waals surface area contributed by atoms with Gasteiger partial charge >= 0.3 is 0 Å². The normalized spacial score (nSPS) is 21.8. The molecule has 0 aromatic heterocycles. The zero-order valence-electron chi connectivity index (χ0n) is 18.1. The number of piperidine rings is 1. The van der Waals surface area contributed by atoms with Gasteiger partial charge in [-0.15, -0.1) is 12.4 Å². The summed E-state index contributed by atoms with van der Waals surface area (Å²) in [6, 6.07) is 30.9. The van der Waals surface area contributed by atoms with E-state index in [1.807, 2.05) is 0 Å². The molecule has 3 aromatic rings. The Morgan fingerprint density at radius 3 is 2.19 bits per heavy atom. The predicted molar refractivity (Wildman–Crippen MR) is 130 cm³/mol. The topological polar surface area (TPSA) is 12.5 Å². The van der Waals surface area contributed by atoms with Crippen LogP contribution in [0, 0.1) is 0 Å². The SMILES string of the molecule is Cl.c1ccc(C2CCN(CC[C@@]3(c4ccccc4)COCc4ccccc43)CC2)cc1. The Balaban J connectivity index is 0.00000231. The summed E-state index contributed by atoms with van der Waals surface area (Å²) in [6.45, 7) is 5.00. The Labute approximate surface area is 192 Å². The Morgan fingerprint density at radius 1 is 0.806 bits per heavy atom. The molecule has 3 aromatic carbocycles. The summed E-state index contributed by atoms with van der Waals surface area (Å²) in [4.78, 5) is 2.67. The fourth-order valence-electron chi connectivity index (χ4n) is 5.44. The standard InChI is InChI=1S/C28H31NO.ClH/c1-3-9-23(10-4-1)24-15-18-29(19-16-24)20-17-28(26-12-5-2-6-13-26)22-30-21-25-11-7-8-14-27(25)28;/h1-14,24H,15-22H2;1H/t28-;/m0./s1. The van der Waals surface area contributed by atoms with Gasteiger partial charge in [-0.05, 0) is 67.1 Å². The molecule has 31 heavy (non-hydrogen) atoms. The zero-order valence-corrected chi connectivity index (χ0v) is 18.9. The number of fused-ring (bicyclic) bond motifs is 1. The Kier molecular flexibility index (Phi) is 7.12. The molecule has 3 heteroatoms. The molecule has 2 aliphatic rings. The zero-order chi connectivity index (χ0) is 20.2. The van der Waals surface area contributed by atoms with Crippen LogP contribution in [0.1, 0.15) is 47.4 Å². The third-order valence-corrected chi connectivity index (χ3v) is 7.18. The molecule has 0 saturated carbocycles. The van der Waals surface area contributed by atoms with Gasteiger partial charge in [0.15, 0.2) is 0 Å². The average Bonchev–Trinajstić information content (AvgIpc) is 2.84. The molecule has 0 N–H and O–H groups in total. The van der Waals surface area contributed by atoms with Crippen LogP contribution >= 0.6 is 12.4 Å². The van der Waals surface area contributed by atoms with Crippen molar-refractivity contribution in [2.75, 3.05) is 26.2 Å². The van der Waals surface area contributed by atoms with Crippen LogP contribution in [0.25, 0.3) is 0 Å². The molecule has 0 aliphatic carbocycles. The van der Waals surface area contributed by atoms with Crippen molar-refractivity contribution in [1.29, 1.82) is 0 Å². The van der Waals surface area contributed by atoms with E-state index >= 15 is 0 Å². The van der Waals surface area contributed by atoms with E-state index in [-0.39, 0.29) is 17.8 Å². The number of rotatable bonds is 5. The van der Waals surface area contributed by atoms with Gasteiger partial charge in [-0.1, -0.05) is 84.9 Å². The number of halogens is 1. The van der Waals surface area contributed by atoms with Crippen molar-refractivity contribution in [1.82, 2.24) is 4.90 Å². The second-order valence-electron chi connectivity index (χ2n) is 8.87. The first-order chi connectivity index (χ1) is 14.9. The lowest BCUT2D eigenvalue weighted by Gasteiger charge is -2.42. The number of hydrogen-bond donors (Lipinski definition) is 0. The number of benzene rings is 3. The smallest absolute Gasteiger partial charge is 0.0720 e. The average molecular weight is 434 g/mol. The fraction of sp³-hybridized carbons (Fsp3) is 0.357. The number of hydrogen-bond acceptors (Lipinski definition) is 2. The van der Waals surface area contributed by atoms with Crippen LogP contribution in [-0.4, -0.2) is 31.1 Å². The van der Waals surface area contributed by atoms with Crippen molar-refractivity contribution in [3.63, 3.8) is 0 Å². The van der Waals surface area contributed by atoms with Gasteiger partial charge in [0.2, 0.25) is 0 Å². The Morgan fingerprint density at radius 2 is 1.45 bits per heavy atom. The molecule has 0 amide bonds. The van der Waals surface area contributed by atoms with Crippen LogP contribution in [0.2, 0.25) is 0 Å². The largest absolute Gasteiger partial charge is 0.375 e. The van der Waals surface area contributed by atoms with Crippen LogP contribution in [0.15, 0.2) is 84.9 Å². The third kappa shape index (κ3) is 4.57. The van der Waals surface area contributed by atoms with E-state index in [1.165, 1.54) is 48.2 Å². The number of likely N-dealkylation sites (tertiary alicyclic amines) is 1. The first kappa shape index (κ1) is 22.1. The van der Waals surface area contributed by atoms with E-state index in [1.54, 1.807) is 0 Å². The molecule has 2 heterocycles. The van der Waals surface area contributed by atoms with Crippen molar-refractivity contribution in [2.24, 2.45) is 0 Å². The second kappa shape index (κ2) is 9.99. The predicted octanol–water partition coefficient (Wildman–Crippen LogP) is 6.19. The number of ether oxygens (including phenoxy) is 1.